The quantitative estimate of drug-likeness (QED) is 0.726. The Hall–Kier alpha value is -1.16. The fourth-order valence-corrected chi connectivity index (χ4v) is 3.49. The molecule has 0 N–H and O–H groups in total. The molecule has 1 rings (SSSR count). The first-order chi connectivity index (χ1) is 9.41. The fraction of sp³-hybridized carbons (Fsp3) is 0.500. The Morgan fingerprint density at radius 2 is 1.80 bits per heavy atom. The highest BCUT2D eigenvalue weighted by Crippen LogP contribution is 2.51. The molecule has 112 valence electrons. The van der Waals surface area contributed by atoms with Crippen molar-refractivity contribution in [3.05, 3.63) is 35.4 Å². The van der Waals surface area contributed by atoms with Crippen molar-refractivity contribution in [2.45, 2.75) is 20.0 Å². The summed E-state index contributed by atoms with van der Waals surface area (Å²) in [6, 6.07) is 7.05. The standard InChI is InChI=1S/C14H22NO4P/c1-5-18-20(17,19-6-2)11-12-8-7-9-13(10-12)14(16)15(3)4/h7-10H,5-6,11H2,1-4H3. The van der Waals surface area contributed by atoms with Gasteiger partial charge in [-0.2, -0.15) is 0 Å². The van der Waals surface area contributed by atoms with E-state index >= 15 is 0 Å². The number of hydrogen-bond donors (Lipinski definition) is 0. The summed E-state index contributed by atoms with van der Waals surface area (Å²) in [4.78, 5) is 13.4. The molecule has 0 aliphatic carbocycles. The molecule has 20 heavy (non-hydrogen) atoms. The molecule has 0 unspecified atom stereocenters. The van der Waals surface area contributed by atoms with E-state index < -0.39 is 7.60 Å². The molecule has 1 amide bonds. The molecular weight excluding hydrogens is 277 g/mol. The summed E-state index contributed by atoms with van der Waals surface area (Å²) in [5, 5.41) is 0. The zero-order valence-electron chi connectivity index (χ0n) is 12.5. The molecule has 1 aromatic rings. The van der Waals surface area contributed by atoms with Crippen molar-refractivity contribution in [3.63, 3.8) is 0 Å². The van der Waals surface area contributed by atoms with E-state index in [2.05, 4.69) is 0 Å². The van der Waals surface area contributed by atoms with E-state index in [1.807, 2.05) is 6.07 Å². The van der Waals surface area contributed by atoms with Gasteiger partial charge in [0.2, 0.25) is 0 Å². The van der Waals surface area contributed by atoms with Crippen molar-refractivity contribution < 1.29 is 18.4 Å². The first-order valence-corrected chi connectivity index (χ1v) is 8.33. The van der Waals surface area contributed by atoms with Crippen LogP contribution in [-0.4, -0.2) is 38.1 Å². The van der Waals surface area contributed by atoms with E-state index in [4.69, 9.17) is 9.05 Å². The molecular formula is C14H22NO4P. The molecule has 0 saturated heterocycles. The first kappa shape index (κ1) is 16.9. The number of rotatable bonds is 7. The van der Waals surface area contributed by atoms with Crippen LogP contribution >= 0.6 is 7.60 Å². The Balaban J connectivity index is 2.94. The zero-order valence-corrected chi connectivity index (χ0v) is 13.4. The summed E-state index contributed by atoms with van der Waals surface area (Å²) in [6.45, 7) is 4.20. The second kappa shape index (κ2) is 7.58. The van der Waals surface area contributed by atoms with Crippen LogP contribution in [0.4, 0.5) is 0 Å². The molecule has 0 spiro atoms. The third-order valence-electron chi connectivity index (χ3n) is 2.61. The SMILES string of the molecule is CCOP(=O)(Cc1cccc(C(=O)N(C)C)c1)OCC. The topological polar surface area (TPSA) is 55.8 Å². The lowest BCUT2D eigenvalue weighted by Crippen LogP contribution is -2.21. The number of hydrogen-bond acceptors (Lipinski definition) is 4. The number of carbonyl (C=O) groups excluding carboxylic acids is 1. The predicted octanol–water partition coefficient (Wildman–Crippen LogP) is 3.15. The minimum absolute atomic E-state index is 0.0884. The molecule has 0 heterocycles. The molecule has 0 aromatic heterocycles. The zero-order chi connectivity index (χ0) is 15.2. The van der Waals surface area contributed by atoms with Gasteiger partial charge in [-0.05, 0) is 31.5 Å². The molecule has 6 heteroatoms. The van der Waals surface area contributed by atoms with Crippen molar-refractivity contribution >= 4 is 13.5 Å². The van der Waals surface area contributed by atoms with Crippen LogP contribution in [0.3, 0.4) is 0 Å². The molecule has 0 aliphatic heterocycles. The van der Waals surface area contributed by atoms with Crippen molar-refractivity contribution in [2.75, 3.05) is 27.3 Å². The van der Waals surface area contributed by atoms with Crippen molar-refractivity contribution in [2.24, 2.45) is 0 Å². The highest BCUT2D eigenvalue weighted by atomic mass is 31.2. The van der Waals surface area contributed by atoms with Crippen LogP contribution in [0.25, 0.3) is 0 Å². The Kier molecular flexibility index (Phi) is 6.40. The van der Waals surface area contributed by atoms with Gasteiger partial charge in [0, 0.05) is 19.7 Å². The molecule has 0 radical (unpaired) electrons. The van der Waals surface area contributed by atoms with Gasteiger partial charge in [0.25, 0.3) is 5.91 Å². The predicted molar refractivity (Wildman–Crippen MR) is 79.0 cm³/mol. The summed E-state index contributed by atoms with van der Waals surface area (Å²) in [6.07, 6.45) is 0.170. The van der Waals surface area contributed by atoms with Crippen molar-refractivity contribution in [1.82, 2.24) is 4.90 Å². The van der Waals surface area contributed by atoms with Crippen LogP contribution in [0.5, 0.6) is 0 Å². The Morgan fingerprint density at radius 3 is 2.30 bits per heavy atom. The number of carbonyl (C=O) groups is 1. The van der Waals surface area contributed by atoms with Crippen molar-refractivity contribution in [1.29, 1.82) is 0 Å². The summed E-state index contributed by atoms with van der Waals surface area (Å²) in [5.74, 6) is -0.0884. The fourth-order valence-electron chi connectivity index (χ4n) is 1.81. The van der Waals surface area contributed by atoms with Gasteiger partial charge in [-0.15, -0.1) is 0 Å². The Bertz CT molecular complexity index is 492. The summed E-state index contributed by atoms with van der Waals surface area (Å²) in [5.41, 5.74) is 1.33. The molecule has 5 nitrogen and oxygen atoms in total. The number of nitrogens with zero attached hydrogens (tertiary/aromatic N) is 1. The monoisotopic (exact) mass is 299 g/mol. The maximum Gasteiger partial charge on any atom is 0.335 e. The molecule has 0 atom stereocenters. The van der Waals surface area contributed by atoms with Crippen molar-refractivity contribution in [3.8, 4) is 0 Å². The van der Waals surface area contributed by atoms with Crippen LogP contribution in [-0.2, 0) is 19.8 Å². The van der Waals surface area contributed by atoms with Gasteiger partial charge >= 0.3 is 7.60 Å². The number of amides is 1. The van der Waals surface area contributed by atoms with Crippen LogP contribution in [0.2, 0.25) is 0 Å². The highest BCUT2D eigenvalue weighted by Gasteiger charge is 2.24. The largest absolute Gasteiger partial charge is 0.345 e. The smallest absolute Gasteiger partial charge is 0.335 e. The van der Waals surface area contributed by atoms with E-state index in [-0.39, 0.29) is 12.1 Å². The minimum atomic E-state index is -3.14. The van der Waals surface area contributed by atoms with E-state index in [9.17, 15) is 9.36 Å². The summed E-state index contributed by atoms with van der Waals surface area (Å²) >= 11 is 0. The van der Waals surface area contributed by atoms with Gasteiger partial charge in [0.15, 0.2) is 0 Å². The van der Waals surface area contributed by atoms with E-state index in [1.54, 1.807) is 46.1 Å². The van der Waals surface area contributed by atoms with E-state index in [1.165, 1.54) is 4.90 Å². The lowest BCUT2D eigenvalue weighted by atomic mass is 10.1. The second-order valence-corrected chi connectivity index (χ2v) is 6.56. The Morgan fingerprint density at radius 1 is 1.20 bits per heavy atom. The normalized spacial score (nSPS) is 11.4. The van der Waals surface area contributed by atoms with Crippen LogP contribution in [0.1, 0.15) is 29.8 Å². The lowest BCUT2D eigenvalue weighted by Gasteiger charge is -2.17. The maximum absolute atomic E-state index is 12.5. The minimum Gasteiger partial charge on any atom is -0.345 e. The molecule has 1 aromatic carbocycles. The van der Waals surface area contributed by atoms with Gasteiger partial charge < -0.3 is 13.9 Å². The molecule has 0 saturated carbocycles. The average Bonchev–Trinajstić information content (AvgIpc) is 2.38. The highest BCUT2D eigenvalue weighted by molar-refractivity contribution is 7.53. The van der Waals surface area contributed by atoms with Gasteiger partial charge in [-0.3, -0.25) is 9.36 Å². The third-order valence-corrected chi connectivity index (χ3v) is 4.66. The number of benzene rings is 1. The van der Waals surface area contributed by atoms with Gasteiger partial charge in [0.05, 0.1) is 19.4 Å². The molecule has 0 fully saturated rings. The Labute approximate surface area is 120 Å². The van der Waals surface area contributed by atoms with E-state index in [0.717, 1.165) is 5.56 Å². The van der Waals surface area contributed by atoms with Gasteiger partial charge in [-0.25, -0.2) is 0 Å². The molecule has 0 bridgehead atoms. The van der Waals surface area contributed by atoms with Crippen LogP contribution in [0, 0.1) is 0 Å². The van der Waals surface area contributed by atoms with Crippen LogP contribution < -0.4 is 0 Å². The average molecular weight is 299 g/mol. The maximum atomic E-state index is 12.5. The summed E-state index contributed by atoms with van der Waals surface area (Å²) < 4.78 is 23.0. The van der Waals surface area contributed by atoms with Crippen LogP contribution in [0.15, 0.2) is 24.3 Å². The first-order valence-electron chi connectivity index (χ1n) is 6.60. The van der Waals surface area contributed by atoms with E-state index in [0.29, 0.717) is 18.8 Å². The second-order valence-electron chi connectivity index (χ2n) is 4.50. The van der Waals surface area contributed by atoms with Gasteiger partial charge in [-0.1, -0.05) is 12.1 Å². The van der Waals surface area contributed by atoms with Gasteiger partial charge in [0.1, 0.15) is 0 Å². The third kappa shape index (κ3) is 4.75. The lowest BCUT2D eigenvalue weighted by molar-refractivity contribution is 0.0827. The summed E-state index contributed by atoms with van der Waals surface area (Å²) in [7, 11) is 0.250. The molecule has 0 aliphatic rings.